The van der Waals surface area contributed by atoms with Gasteiger partial charge in [0.2, 0.25) is 5.91 Å². The Hall–Kier alpha value is -1.62. The number of amides is 1. The lowest BCUT2D eigenvalue weighted by molar-refractivity contribution is -0.120. The van der Waals surface area contributed by atoms with Crippen LogP contribution in [-0.2, 0) is 11.3 Å². The molecule has 17 heavy (non-hydrogen) atoms. The number of phenols is 1. The minimum absolute atomic E-state index is 0.0246. The van der Waals surface area contributed by atoms with E-state index < -0.39 is 0 Å². The Balaban J connectivity index is 2.31. The summed E-state index contributed by atoms with van der Waals surface area (Å²) in [5.74, 6) is -0.358. The molecule has 0 aliphatic heterocycles. The zero-order chi connectivity index (χ0) is 12.7. The van der Waals surface area contributed by atoms with E-state index in [1.54, 1.807) is 0 Å². The van der Waals surface area contributed by atoms with Crippen molar-refractivity contribution in [1.29, 1.82) is 0 Å². The largest absolute Gasteiger partial charge is 0.508 e. The standard InChI is InChI=1S/C12H17FN2O2/c1-2-15-12(17)5-6-14-8-9-7-10(13)3-4-11(9)16/h3-4,7,14,16H,2,5-6,8H2,1H3,(H,15,17). The molecule has 94 valence electrons. The normalized spacial score (nSPS) is 10.2. The summed E-state index contributed by atoms with van der Waals surface area (Å²) in [7, 11) is 0. The first-order valence-corrected chi connectivity index (χ1v) is 5.58. The van der Waals surface area contributed by atoms with Crippen LogP contribution in [0.25, 0.3) is 0 Å². The molecule has 0 saturated heterocycles. The van der Waals surface area contributed by atoms with E-state index in [2.05, 4.69) is 10.6 Å². The lowest BCUT2D eigenvalue weighted by Crippen LogP contribution is -2.27. The third kappa shape index (κ3) is 4.82. The first kappa shape index (κ1) is 13.4. The number of aromatic hydroxyl groups is 1. The van der Waals surface area contributed by atoms with Crippen LogP contribution in [0.2, 0.25) is 0 Å². The molecule has 0 spiro atoms. The number of rotatable bonds is 6. The molecule has 0 radical (unpaired) electrons. The van der Waals surface area contributed by atoms with Crippen LogP contribution in [0.3, 0.4) is 0 Å². The first-order chi connectivity index (χ1) is 8.13. The summed E-state index contributed by atoms with van der Waals surface area (Å²) in [6, 6.07) is 3.79. The molecule has 3 N–H and O–H groups in total. The summed E-state index contributed by atoms with van der Waals surface area (Å²) in [6.07, 6.45) is 0.365. The molecule has 1 amide bonds. The van der Waals surface area contributed by atoms with Gasteiger partial charge in [-0.15, -0.1) is 0 Å². The highest BCUT2D eigenvalue weighted by atomic mass is 19.1. The van der Waals surface area contributed by atoms with Gasteiger partial charge in [-0.1, -0.05) is 0 Å². The van der Waals surface area contributed by atoms with Crippen LogP contribution in [0.4, 0.5) is 4.39 Å². The highest BCUT2D eigenvalue weighted by Crippen LogP contribution is 2.17. The van der Waals surface area contributed by atoms with Gasteiger partial charge in [-0.05, 0) is 25.1 Å². The van der Waals surface area contributed by atoms with Gasteiger partial charge in [-0.3, -0.25) is 4.79 Å². The van der Waals surface area contributed by atoms with Crippen LogP contribution in [-0.4, -0.2) is 24.1 Å². The Morgan fingerprint density at radius 3 is 2.94 bits per heavy atom. The number of hydrogen-bond acceptors (Lipinski definition) is 3. The Kier molecular flexibility index (Phi) is 5.42. The molecule has 5 heteroatoms. The lowest BCUT2D eigenvalue weighted by atomic mass is 10.2. The quantitative estimate of drug-likeness (QED) is 0.654. The van der Waals surface area contributed by atoms with Crippen molar-refractivity contribution in [2.45, 2.75) is 19.9 Å². The maximum atomic E-state index is 12.9. The summed E-state index contributed by atoms with van der Waals surface area (Å²) in [6.45, 7) is 3.30. The second-order valence-corrected chi connectivity index (χ2v) is 3.65. The smallest absolute Gasteiger partial charge is 0.221 e. The lowest BCUT2D eigenvalue weighted by Gasteiger charge is -2.07. The predicted octanol–water partition coefficient (Wildman–Crippen LogP) is 1.15. The van der Waals surface area contributed by atoms with Crippen LogP contribution >= 0.6 is 0 Å². The topological polar surface area (TPSA) is 61.4 Å². The average Bonchev–Trinajstić information content (AvgIpc) is 2.29. The van der Waals surface area contributed by atoms with Crippen LogP contribution in [0, 0.1) is 5.82 Å². The molecule has 0 saturated carbocycles. The van der Waals surface area contributed by atoms with Gasteiger partial charge >= 0.3 is 0 Å². The van der Waals surface area contributed by atoms with Crippen molar-refractivity contribution in [2.75, 3.05) is 13.1 Å². The van der Waals surface area contributed by atoms with Gasteiger partial charge in [-0.2, -0.15) is 0 Å². The maximum Gasteiger partial charge on any atom is 0.221 e. The van der Waals surface area contributed by atoms with Crippen molar-refractivity contribution in [1.82, 2.24) is 10.6 Å². The molecule has 0 atom stereocenters. The van der Waals surface area contributed by atoms with E-state index in [4.69, 9.17) is 0 Å². The van der Waals surface area contributed by atoms with Crippen LogP contribution < -0.4 is 10.6 Å². The molecule has 0 aliphatic rings. The first-order valence-electron chi connectivity index (χ1n) is 5.58. The second kappa shape index (κ2) is 6.85. The van der Waals surface area contributed by atoms with Crippen LogP contribution in [0.5, 0.6) is 5.75 Å². The average molecular weight is 240 g/mol. The SMILES string of the molecule is CCNC(=O)CCNCc1cc(F)ccc1O. The van der Waals surface area contributed by atoms with Gasteiger partial charge in [0.1, 0.15) is 11.6 Å². The second-order valence-electron chi connectivity index (χ2n) is 3.65. The number of phenolic OH excluding ortho intramolecular Hbond substituents is 1. The molecule has 0 fully saturated rings. The number of benzene rings is 1. The van der Waals surface area contributed by atoms with Crippen molar-refractivity contribution >= 4 is 5.91 Å². The zero-order valence-corrected chi connectivity index (χ0v) is 9.79. The van der Waals surface area contributed by atoms with Gasteiger partial charge in [0, 0.05) is 31.6 Å². The van der Waals surface area contributed by atoms with Crippen molar-refractivity contribution in [3.63, 3.8) is 0 Å². The summed E-state index contributed by atoms with van der Waals surface area (Å²) in [5.41, 5.74) is 0.487. The highest BCUT2D eigenvalue weighted by Gasteiger charge is 2.03. The summed E-state index contributed by atoms with van der Waals surface area (Å²) in [4.78, 5) is 11.1. The Morgan fingerprint density at radius 2 is 2.24 bits per heavy atom. The summed E-state index contributed by atoms with van der Waals surface area (Å²) in [5, 5.41) is 15.1. The molecule has 1 aromatic rings. The number of carbonyl (C=O) groups is 1. The fourth-order valence-electron chi connectivity index (χ4n) is 1.41. The third-order valence-electron chi connectivity index (χ3n) is 2.26. The molecule has 0 aliphatic carbocycles. The van der Waals surface area contributed by atoms with E-state index in [1.807, 2.05) is 6.92 Å². The van der Waals surface area contributed by atoms with Gasteiger partial charge in [0.25, 0.3) is 0 Å². The molecular weight excluding hydrogens is 223 g/mol. The molecule has 4 nitrogen and oxygen atoms in total. The predicted molar refractivity (Wildman–Crippen MR) is 63.1 cm³/mol. The fourth-order valence-corrected chi connectivity index (χ4v) is 1.41. The minimum Gasteiger partial charge on any atom is -0.508 e. The van der Waals surface area contributed by atoms with Crippen molar-refractivity contribution in [3.8, 4) is 5.75 Å². The van der Waals surface area contributed by atoms with Crippen molar-refractivity contribution in [3.05, 3.63) is 29.6 Å². The van der Waals surface area contributed by atoms with E-state index in [0.29, 0.717) is 31.6 Å². The molecule has 0 heterocycles. The van der Waals surface area contributed by atoms with Gasteiger partial charge < -0.3 is 15.7 Å². The molecule has 1 rings (SSSR count). The van der Waals surface area contributed by atoms with Gasteiger partial charge in [0.05, 0.1) is 0 Å². The minimum atomic E-state index is -0.386. The van der Waals surface area contributed by atoms with Crippen molar-refractivity contribution < 1.29 is 14.3 Å². The van der Waals surface area contributed by atoms with E-state index in [-0.39, 0.29) is 17.5 Å². The number of carbonyl (C=O) groups excluding carboxylic acids is 1. The molecule has 1 aromatic carbocycles. The number of hydrogen-bond donors (Lipinski definition) is 3. The van der Waals surface area contributed by atoms with Crippen LogP contribution in [0.15, 0.2) is 18.2 Å². The van der Waals surface area contributed by atoms with E-state index in [1.165, 1.54) is 18.2 Å². The van der Waals surface area contributed by atoms with Crippen molar-refractivity contribution in [2.24, 2.45) is 0 Å². The summed E-state index contributed by atoms with van der Waals surface area (Å²) >= 11 is 0. The van der Waals surface area contributed by atoms with E-state index in [0.717, 1.165) is 0 Å². The van der Waals surface area contributed by atoms with Gasteiger partial charge in [0.15, 0.2) is 0 Å². The Labute approximate surface area is 99.8 Å². The number of nitrogens with one attached hydrogen (secondary N) is 2. The van der Waals surface area contributed by atoms with Gasteiger partial charge in [-0.25, -0.2) is 4.39 Å². The Morgan fingerprint density at radius 1 is 1.47 bits per heavy atom. The van der Waals surface area contributed by atoms with E-state index in [9.17, 15) is 14.3 Å². The monoisotopic (exact) mass is 240 g/mol. The summed E-state index contributed by atoms with van der Waals surface area (Å²) < 4.78 is 12.9. The molecule has 0 aromatic heterocycles. The molecule has 0 unspecified atom stereocenters. The number of halogens is 1. The zero-order valence-electron chi connectivity index (χ0n) is 9.79. The molecular formula is C12H17FN2O2. The molecule has 0 bridgehead atoms. The van der Waals surface area contributed by atoms with E-state index >= 15 is 0 Å². The highest BCUT2D eigenvalue weighted by molar-refractivity contribution is 5.75. The maximum absolute atomic E-state index is 12.9. The Bertz CT molecular complexity index is 383. The van der Waals surface area contributed by atoms with Crippen LogP contribution in [0.1, 0.15) is 18.9 Å². The fraction of sp³-hybridized carbons (Fsp3) is 0.417. The third-order valence-corrected chi connectivity index (χ3v) is 2.26.